The van der Waals surface area contributed by atoms with E-state index in [9.17, 15) is 15.3 Å². The summed E-state index contributed by atoms with van der Waals surface area (Å²) >= 11 is 0. The Morgan fingerprint density at radius 3 is 2.26 bits per heavy atom. The second kappa shape index (κ2) is 10.0. The van der Waals surface area contributed by atoms with Crippen molar-refractivity contribution >= 4 is 0 Å². The van der Waals surface area contributed by atoms with Gasteiger partial charge in [-0.15, -0.1) is 0 Å². The van der Waals surface area contributed by atoms with Crippen LogP contribution in [-0.2, 0) is 6.42 Å². The molecule has 184 valence electrons. The van der Waals surface area contributed by atoms with E-state index in [2.05, 4.69) is 0 Å². The Hall–Kier alpha value is -2.48. The molecule has 0 bridgehead atoms. The molecule has 0 radical (unpaired) electrons. The first-order valence-electron chi connectivity index (χ1n) is 12.3. The van der Waals surface area contributed by atoms with Crippen LogP contribution >= 0.6 is 0 Å². The van der Waals surface area contributed by atoms with Crippen LogP contribution in [0.5, 0.6) is 23.0 Å². The fourth-order valence-corrected chi connectivity index (χ4v) is 5.52. The molecule has 1 aliphatic carbocycles. The van der Waals surface area contributed by atoms with E-state index in [4.69, 9.17) is 18.9 Å². The molecule has 3 N–H and O–H groups in total. The summed E-state index contributed by atoms with van der Waals surface area (Å²) in [5.74, 6) is 2.01. The normalized spacial score (nSPS) is 26.2. The van der Waals surface area contributed by atoms with Crippen molar-refractivity contribution in [1.29, 1.82) is 0 Å². The summed E-state index contributed by atoms with van der Waals surface area (Å²) < 4.78 is 23.7. The van der Waals surface area contributed by atoms with E-state index in [0.717, 1.165) is 24.2 Å². The molecule has 2 aliphatic heterocycles. The minimum absolute atomic E-state index is 0.0975. The molecule has 1 saturated carbocycles. The molecular formula is C27H34O7. The minimum Gasteiger partial charge on any atom is -0.496 e. The number of fused-ring (bicyclic) bond motifs is 2. The molecule has 7 heteroatoms. The standard InChI is InChI=1S/C27H34O7/c1-31-24-13-20-25(11-16(24)5-4-10-28)33-15-22(27(20)30)21-14-32-23-9-8-18(12-19(23)26(21)29)34-17-6-2-3-7-17/h8-9,11-13,17,21-22,26-30H,2-7,10,14-15H2,1H3/t21-,22-,26+,27-/m0/s1. The lowest BCUT2D eigenvalue weighted by molar-refractivity contribution is -0.0553. The van der Waals surface area contributed by atoms with Gasteiger partial charge in [0.05, 0.1) is 38.6 Å². The molecular weight excluding hydrogens is 436 g/mol. The topological polar surface area (TPSA) is 97.6 Å². The van der Waals surface area contributed by atoms with E-state index in [1.54, 1.807) is 7.11 Å². The number of rotatable bonds is 7. The third kappa shape index (κ3) is 4.44. The molecule has 0 unspecified atom stereocenters. The summed E-state index contributed by atoms with van der Waals surface area (Å²) in [4.78, 5) is 0. The lowest BCUT2D eigenvalue weighted by Crippen LogP contribution is -2.40. The predicted molar refractivity (Wildman–Crippen MR) is 126 cm³/mol. The molecule has 0 amide bonds. The van der Waals surface area contributed by atoms with Crippen LogP contribution in [0.2, 0.25) is 0 Å². The Morgan fingerprint density at radius 2 is 1.59 bits per heavy atom. The third-order valence-corrected chi connectivity index (χ3v) is 7.46. The summed E-state index contributed by atoms with van der Waals surface area (Å²) in [5, 5.41) is 31.8. The van der Waals surface area contributed by atoms with Crippen molar-refractivity contribution in [3.63, 3.8) is 0 Å². The molecule has 0 saturated heterocycles. The van der Waals surface area contributed by atoms with Crippen molar-refractivity contribution in [2.24, 2.45) is 11.8 Å². The first-order valence-corrected chi connectivity index (χ1v) is 12.3. The molecule has 34 heavy (non-hydrogen) atoms. The zero-order chi connectivity index (χ0) is 23.7. The number of methoxy groups -OCH3 is 1. The highest BCUT2D eigenvalue weighted by Gasteiger charge is 2.42. The molecule has 2 aromatic carbocycles. The maximum absolute atomic E-state index is 11.3. The quantitative estimate of drug-likeness (QED) is 0.567. The molecule has 4 atom stereocenters. The monoisotopic (exact) mass is 470 g/mol. The zero-order valence-electron chi connectivity index (χ0n) is 19.6. The van der Waals surface area contributed by atoms with Crippen molar-refractivity contribution in [1.82, 2.24) is 0 Å². The van der Waals surface area contributed by atoms with E-state index in [0.29, 0.717) is 47.8 Å². The predicted octanol–water partition coefficient (Wildman–Crippen LogP) is 3.73. The summed E-state index contributed by atoms with van der Waals surface area (Å²) in [7, 11) is 1.60. The summed E-state index contributed by atoms with van der Waals surface area (Å²) in [6, 6.07) is 9.35. The Labute approximate surface area is 200 Å². The maximum atomic E-state index is 11.3. The van der Waals surface area contributed by atoms with Gasteiger partial charge in [0.2, 0.25) is 0 Å². The van der Waals surface area contributed by atoms with Gasteiger partial charge in [-0.05, 0) is 74.4 Å². The lowest BCUT2D eigenvalue weighted by Gasteiger charge is -2.40. The van der Waals surface area contributed by atoms with Gasteiger partial charge in [0.1, 0.15) is 23.0 Å². The first kappa shape index (κ1) is 23.3. The van der Waals surface area contributed by atoms with Gasteiger partial charge in [0.15, 0.2) is 0 Å². The lowest BCUT2D eigenvalue weighted by atomic mass is 9.77. The smallest absolute Gasteiger partial charge is 0.125 e. The number of aliphatic hydroxyl groups is 3. The number of aryl methyl sites for hydroxylation is 1. The summed E-state index contributed by atoms with van der Waals surface area (Å²) in [5.41, 5.74) is 2.28. The van der Waals surface area contributed by atoms with Crippen LogP contribution in [0.15, 0.2) is 30.3 Å². The first-order chi connectivity index (χ1) is 16.6. The van der Waals surface area contributed by atoms with Gasteiger partial charge in [0.25, 0.3) is 0 Å². The van der Waals surface area contributed by atoms with Crippen LogP contribution in [0.25, 0.3) is 0 Å². The minimum atomic E-state index is -0.827. The number of aliphatic hydroxyl groups excluding tert-OH is 3. The highest BCUT2D eigenvalue weighted by molar-refractivity contribution is 5.49. The third-order valence-electron chi connectivity index (χ3n) is 7.46. The maximum Gasteiger partial charge on any atom is 0.125 e. The van der Waals surface area contributed by atoms with E-state index in [1.807, 2.05) is 30.3 Å². The van der Waals surface area contributed by atoms with Crippen LogP contribution in [0, 0.1) is 11.8 Å². The van der Waals surface area contributed by atoms with Crippen molar-refractivity contribution in [2.75, 3.05) is 26.9 Å². The van der Waals surface area contributed by atoms with Crippen LogP contribution in [0.3, 0.4) is 0 Å². The van der Waals surface area contributed by atoms with Gasteiger partial charge in [0, 0.05) is 29.6 Å². The molecule has 2 aromatic rings. The van der Waals surface area contributed by atoms with Crippen molar-refractivity contribution in [3.05, 3.63) is 47.0 Å². The molecule has 0 aromatic heterocycles. The summed E-state index contributed by atoms with van der Waals surface area (Å²) in [6.45, 7) is 0.669. The summed E-state index contributed by atoms with van der Waals surface area (Å²) in [6.07, 6.45) is 4.40. The van der Waals surface area contributed by atoms with E-state index in [-0.39, 0.29) is 31.2 Å². The fourth-order valence-electron chi connectivity index (χ4n) is 5.52. The van der Waals surface area contributed by atoms with Gasteiger partial charge in [-0.1, -0.05) is 0 Å². The van der Waals surface area contributed by atoms with Gasteiger partial charge < -0.3 is 34.3 Å². The van der Waals surface area contributed by atoms with E-state index >= 15 is 0 Å². The van der Waals surface area contributed by atoms with Gasteiger partial charge in [-0.25, -0.2) is 0 Å². The Morgan fingerprint density at radius 1 is 0.912 bits per heavy atom. The van der Waals surface area contributed by atoms with Crippen molar-refractivity contribution < 1.29 is 34.3 Å². The second-order valence-corrected chi connectivity index (χ2v) is 9.59. The van der Waals surface area contributed by atoms with Crippen LogP contribution in [0.1, 0.15) is 61.0 Å². The highest BCUT2D eigenvalue weighted by Crippen LogP contribution is 2.48. The van der Waals surface area contributed by atoms with Gasteiger partial charge in [-0.2, -0.15) is 0 Å². The zero-order valence-corrected chi connectivity index (χ0v) is 19.6. The molecule has 2 heterocycles. The average Bonchev–Trinajstić information content (AvgIpc) is 3.36. The van der Waals surface area contributed by atoms with Crippen LogP contribution in [0.4, 0.5) is 0 Å². The molecule has 5 rings (SSSR count). The molecule has 3 aliphatic rings. The van der Waals surface area contributed by atoms with Gasteiger partial charge >= 0.3 is 0 Å². The largest absolute Gasteiger partial charge is 0.496 e. The Bertz CT molecular complexity index is 1000. The average molecular weight is 471 g/mol. The van der Waals surface area contributed by atoms with E-state index < -0.39 is 12.2 Å². The van der Waals surface area contributed by atoms with E-state index in [1.165, 1.54) is 12.8 Å². The number of benzene rings is 2. The number of hydrogen-bond donors (Lipinski definition) is 3. The Balaban J connectivity index is 1.36. The fraction of sp³-hybridized carbons (Fsp3) is 0.556. The van der Waals surface area contributed by atoms with Gasteiger partial charge in [-0.3, -0.25) is 0 Å². The SMILES string of the molecule is COc1cc2c(cc1CCCO)OC[C@@H]([C@@H]1COc3ccc(OC4CCCC4)cc3[C@H]1O)[C@H]2O. The molecule has 1 fully saturated rings. The highest BCUT2D eigenvalue weighted by atomic mass is 16.5. The van der Waals surface area contributed by atoms with Crippen LogP contribution in [-0.4, -0.2) is 48.4 Å². The number of ether oxygens (including phenoxy) is 4. The molecule has 7 nitrogen and oxygen atoms in total. The van der Waals surface area contributed by atoms with Crippen molar-refractivity contribution in [2.45, 2.75) is 56.8 Å². The Kier molecular flexibility index (Phi) is 6.86. The van der Waals surface area contributed by atoms with Crippen molar-refractivity contribution in [3.8, 4) is 23.0 Å². The molecule has 0 spiro atoms. The number of hydrogen-bond acceptors (Lipinski definition) is 7. The second-order valence-electron chi connectivity index (χ2n) is 9.59. The van der Waals surface area contributed by atoms with Crippen LogP contribution < -0.4 is 18.9 Å².